The van der Waals surface area contributed by atoms with Gasteiger partial charge in [-0.25, -0.2) is 0 Å². The van der Waals surface area contributed by atoms with Crippen molar-refractivity contribution in [1.29, 1.82) is 0 Å². The Morgan fingerprint density at radius 2 is 2.28 bits per heavy atom. The monoisotopic (exact) mass is 246 g/mol. The Morgan fingerprint density at radius 1 is 1.39 bits per heavy atom. The highest BCUT2D eigenvalue weighted by Gasteiger charge is 2.22. The van der Waals surface area contributed by atoms with Gasteiger partial charge in [0.15, 0.2) is 0 Å². The number of ether oxygens (including phenoxy) is 1. The van der Waals surface area contributed by atoms with Crippen molar-refractivity contribution in [2.24, 2.45) is 5.92 Å². The second-order valence-electron chi connectivity index (χ2n) is 5.50. The lowest BCUT2D eigenvalue weighted by Gasteiger charge is -2.36. The van der Waals surface area contributed by atoms with Gasteiger partial charge in [0.05, 0.1) is 6.61 Å². The maximum atomic E-state index is 5.85. The number of hydrogen-bond acceptors (Lipinski definition) is 3. The topological polar surface area (TPSA) is 24.5 Å². The second kappa shape index (κ2) is 5.19. The van der Waals surface area contributed by atoms with Crippen LogP contribution in [0.4, 0.5) is 5.69 Å². The van der Waals surface area contributed by atoms with Gasteiger partial charge >= 0.3 is 0 Å². The average Bonchev–Trinajstić information content (AvgIpc) is 3.21. The molecule has 3 rings (SSSR count). The van der Waals surface area contributed by atoms with Gasteiger partial charge in [-0.2, -0.15) is 0 Å². The van der Waals surface area contributed by atoms with Gasteiger partial charge in [-0.1, -0.05) is 6.07 Å². The van der Waals surface area contributed by atoms with E-state index in [9.17, 15) is 0 Å². The molecule has 0 bridgehead atoms. The molecule has 1 heterocycles. The first-order valence-electron chi connectivity index (χ1n) is 7.03. The minimum absolute atomic E-state index is 0.553. The normalized spacial score (nSPS) is 24.1. The summed E-state index contributed by atoms with van der Waals surface area (Å²) in [7, 11) is 0. The predicted octanol–water partition coefficient (Wildman–Crippen LogP) is 2.27. The van der Waals surface area contributed by atoms with E-state index in [0.29, 0.717) is 6.04 Å². The van der Waals surface area contributed by atoms with Gasteiger partial charge in [-0.3, -0.25) is 0 Å². The summed E-state index contributed by atoms with van der Waals surface area (Å²) in [6.45, 7) is 6.36. The molecular weight excluding hydrogens is 224 g/mol. The molecule has 3 heteroatoms. The number of nitrogens with one attached hydrogen (secondary N) is 1. The lowest BCUT2D eigenvalue weighted by Crippen LogP contribution is -2.49. The summed E-state index contributed by atoms with van der Waals surface area (Å²) in [5, 5.41) is 3.42. The predicted molar refractivity (Wildman–Crippen MR) is 74.3 cm³/mol. The van der Waals surface area contributed by atoms with E-state index in [1.807, 2.05) is 0 Å². The molecule has 1 atom stereocenters. The summed E-state index contributed by atoms with van der Waals surface area (Å²) >= 11 is 0. The van der Waals surface area contributed by atoms with E-state index >= 15 is 0 Å². The molecule has 0 spiro atoms. The zero-order chi connectivity index (χ0) is 12.4. The summed E-state index contributed by atoms with van der Waals surface area (Å²) in [6, 6.07) is 9.10. The quantitative estimate of drug-likeness (QED) is 0.882. The van der Waals surface area contributed by atoms with Crippen LogP contribution in [0.1, 0.15) is 19.8 Å². The Bertz CT molecular complexity index is 403. The number of benzene rings is 1. The van der Waals surface area contributed by atoms with Gasteiger partial charge in [0.25, 0.3) is 0 Å². The van der Waals surface area contributed by atoms with Gasteiger partial charge in [0, 0.05) is 37.4 Å². The third-order valence-corrected chi connectivity index (χ3v) is 3.83. The molecule has 0 unspecified atom stereocenters. The van der Waals surface area contributed by atoms with Crippen LogP contribution in [0.15, 0.2) is 24.3 Å². The first-order valence-corrected chi connectivity index (χ1v) is 7.03. The number of rotatable bonds is 4. The molecule has 3 nitrogen and oxygen atoms in total. The van der Waals surface area contributed by atoms with Gasteiger partial charge in [0.2, 0.25) is 0 Å². The number of anilines is 1. The van der Waals surface area contributed by atoms with Crippen LogP contribution in [0.3, 0.4) is 0 Å². The second-order valence-corrected chi connectivity index (χ2v) is 5.50. The Kier molecular flexibility index (Phi) is 3.41. The fourth-order valence-electron chi connectivity index (χ4n) is 2.48. The van der Waals surface area contributed by atoms with Gasteiger partial charge in [-0.15, -0.1) is 0 Å². The van der Waals surface area contributed by atoms with Crippen molar-refractivity contribution in [2.45, 2.75) is 25.8 Å². The van der Waals surface area contributed by atoms with Gasteiger partial charge < -0.3 is 15.0 Å². The molecule has 1 aliphatic carbocycles. The standard InChI is InChI=1S/C15H22N2O/c1-12-10-16-7-8-17(12)14-3-2-4-15(9-14)18-11-13-5-6-13/h2-4,9,12-13,16H,5-8,10-11H2,1H3/t12-/m1/s1. The summed E-state index contributed by atoms with van der Waals surface area (Å²) in [4.78, 5) is 2.46. The van der Waals surface area contributed by atoms with Crippen molar-refractivity contribution in [2.75, 3.05) is 31.1 Å². The van der Waals surface area contributed by atoms with Crippen molar-refractivity contribution in [1.82, 2.24) is 5.32 Å². The third-order valence-electron chi connectivity index (χ3n) is 3.83. The van der Waals surface area contributed by atoms with Crippen LogP contribution >= 0.6 is 0 Å². The summed E-state index contributed by atoms with van der Waals surface area (Å²) in [5.41, 5.74) is 1.29. The van der Waals surface area contributed by atoms with E-state index in [0.717, 1.165) is 37.9 Å². The van der Waals surface area contributed by atoms with Crippen LogP contribution in [0, 0.1) is 5.92 Å². The molecule has 2 fully saturated rings. The van der Waals surface area contributed by atoms with E-state index in [2.05, 4.69) is 41.4 Å². The zero-order valence-electron chi connectivity index (χ0n) is 11.1. The molecule has 2 aliphatic rings. The van der Waals surface area contributed by atoms with Crippen molar-refractivity contribution in [3.8, 4) is 5.75 Å². The minimum atomic E-state index is 0.553. The van der Waals surface area contributed by atoms with Crippen LogP contribution in [0.5, 0.6) is 5.75 Å². The zero-order valence-corrected chi connectivity index (χ0v) is 11.1. The number of nitrogens with zero attached hydrogens (tertiary/aromatic N) is 1. The molecule has 1 aromatic rings. The average molecular weight is 246 g/mol. The Hall–Kier alpha value is -1.22. The van der Waals surface area contributed by atoms with Gasteiger partial charge in [0.1, 0.15) is 5.75 Å². The minimum Gasteiger partial charge on any atom is -0.493 e. The fourth-order valence-corrected chi connectivity index (χ4v) is 2.48. The van der Waals surface area contributed by atoms with Crippen LogP contribution < -0.4 is 15.0 Å². The van der Waals surface area contributed by atoms with E-state index in [1.165, 1.54) is 18.5 Å². The highest BCUT2D eigenvalue weighted by Crippen LogP contribution is 2.30. The lowest BCUT2D eigenvalue weighted by atomic mass is 10.1. The van der Waals surface area contributed by atoms with E-state index in [-0.39, 0.29) is 0 Å². The molecule has 1 saturated carbocycles. The maximum Gasteiger partial charge on any atom is 0.121 e. The molecule has 0 radical (unpaired) electrons. The molecule has 1 aromatic carbocycles. The summed E-state index contributed by atoms with van der Waals surface area (Å²) in [5.74, 6) is 1.83. The summed E-state index contributed by atoms with van der Waals surface area (Å²) < 4.78 is 5.85. The molecule has 18 heavy (non-hydrogen) atoms. The van der Waals surface area contributed by atoms with Crippen LogP contribution in [0.2, 0.25) is 0 Å². The molecule has 1 saturated heterocycles. The molecule has 0 amide bonds. The lowest BCUT2D eigenvalue weighted by molar-refractivity contribution is 0.299. The molecular formula is C15H22N2O. The maximum absolute atomic E-state index is 5.85. The molecule has 0 aromatic heterocycles. The fraction of sp³-hybridized carbons (Fsp3) is 0.600. The van der Waals surface area contributed by atoms with Crippen molar-refractivity contribution < 1.29 is 4.74 Å². The van der Waals surface area contributed by atoms with Gasteiger partial charge in [-0.05, 0) is 37.8 Å². The molecule has 1 N–H and O–H groups in total. The largest absolute Gasteiger partial charge is 0.493 e. The smallest absolute Gasteiger partial charge is 0.121 e. The van der Waals surface area contributed by atoms with E-state index in [4.69, 9.17) is 4.74 Å². The van der Waals surface area contributed by atoms with Crippen molar-refractivity contribution in [3.05, 3.63) is 24.3 Å². The Morgan fingerprint density at radius 3 is 3.06 bits per heavy atom. The van der Waals surface area contributed by atoms with Crippen LogP contribution in [0.25, 0.3) is 0 Å². The first-order chi connectivity index (χ1) is 8.83. The van der Waals surface area contributed by atoms with E-state index in [1.54, 1.807) is 0 Å². The van der Waals surface area contributed by atoms with Crippen molar-refractivity contribution in [3.63, 3.8) is 0 Å². The Labute approximate surface area is 109 Å². The number of piperazine rings is 1. The van der Waals surface area contributed by atoms with Crippen LogP contribution in [-0.4, -0.2) is 32.3 Å². The third kappa shape index (κ3) is 2.78. The SMILES string of the molecule is C[C@@H]1CNCCN1c1cccc(OCC2CC2)c1. The molecule has 98 valence electrons. The highest BCUT2D eigenvalue weighted by molar-refractivity contribution is 5.52. The highest BCUT2D eigenvalue weighted by atomic mass is 16.5. The Balaban J connectivity index is 1.68. The van der Waals surface area contributed by atoms with E-state index < -0.39 is 0 Å². The molecule has 1 aliphatic heterocycles. The van der Waals surface area contributed by atoms with Crippen LogP contribution in [-0.2, 0) is 0 Å². The first kappa shape index (κ1) is 11.8. The summed E-state index contributed by atoms with van der Waals surface area (Å²) in [6.07, 6.45) is 2.68. The number of hydrogen-bond donors (Lipinski definition) is 1. The van der Waals surface area contributed by atoms with Crippen molar-refractivity contribution >= 4 is 5.69 Å².